The molecule has 0 fully saturated rings. The molecule has 0 radical (unpaired) electrons. The van der Waals surface area contributed by atoms with Gasteiger partial charge in [0.25, 0.3) is 0 Å². The number of rotatable bonds is 6. The zero-order valence-corrected chi connectivity index (χ0v) is 12.8. The van der Waals surface area contributed by atoms with Crippen molar-refractivity contribution >= 4 is 17.3 Å². The zero-order valence-electron chi connectivity index (χ0n) is 12.0. The number of benzene rings is 1. The van der Waals surface area contributed by atoms with Gasteiger partial charge >= 0.3 is 0 Å². The van der Waals surface area contributed by atoms with E-state index in [2.05, 4.69) is 41.0 Å². The standard InChI is InChI=1S/C17H24N2S/c20-17(18-13-11-15-7-3-1-4-8-15)19-14-12-16-9-5-2-6-10-16/h1,3-4,7-9H,2,5-6,10-14H2,(H2,18,19,20). The highest BCUT2D eigenvalue weighted by molar-refractivity contribution is 7.80. The number of allylic oxidation sites excluding steroid dienone is 1. The third-order valence-corrected chi connectivity index (χ3v) is 3.95. The third-order valence-electron chi connectivity index (χ3n) is 3.66. The monoisotopic (exact) mass is 288 g/mol. The normalized spacial score (nSPS) is 14.5. The van der Waals surface area contributed by atoms with Gasteiger partial charge in [-0.1, -0.05) is 42.0 Å². The van der Waals surface area contributed by atoms with Gasteiger partial charge in [-0.3, -0.25) is 0 Å². The summed E-state index contributed by atoms with van der Waals surface area (Å²) in [5.41, 5.74) is 2.94. The van der Waals surface area contributed by atoms with Gasteiger partial charge in [-0.2, -0.15) is 0 Å². The molecule has 0 bridgehead atoms. The Morgan fingerprint density at radius 2 is 1.75 bits per heavy atom. The highest BCUT2D eigenvalue weighted by Gasteiger charge is 2.03. The second-order valence-corrected chi connectivity index (χ2v) is 5.68. The van der Waals surface area contributed by atoms with Crippen molar-refractivity contribution in [2.45, 2.75) is 38.5 Å². The third kappa shape index (κ3) is 5.74. The number of thiocarbonyl (C=S) groups is 1. The largest absolute Gasteiger partial charge is 0.362 e. The Bertz CT molecular complexity index is 440. The minimum absolute atomic E-state index is 0.775. The molecule has 0 aromatic heterocycles. The molecule has 0 amide bonds. The second kappa shape index (κ2) is 8.75. The molecular weight excluding hydrogens is 264 g/mol. The van der Waals surface area contributed by atoms with Gasteiger partial charge in [-0.05, 0) is 56.3 Å². The van der Waals surface area contributed by atoms with Crippen LogP contribution in [-0.2, 0) is 6.42 Å². The number of nitrogens with one attached hydrogen (secondary N) is 2. The predicted molar refractivity (Wildman–Crippen MR) is 89.9 cm³/mol. The van der Waals surface area contributed by atoms with Crippen LogP contribution in [0.1, 0.15) is 37.7 Å². The van der Waals surface area contributed by atoms with Crippen molar-refractivity contribution in [3.63, 3.8) is 0 Å². The Hall–Kier alpha value is -1.35. The number of hydrogen-bond acceptors (Lipinski definition) is 1. The first-order valence-corrected chi connectivity index (χ1v) is 7.99. The van der Waals surface area contributed by atoms with E-state index in [-0.39, 0.29) is 0 Å². The Morgan fingerprint density at radius 1 is 1.00 bits per heavy atom. The van der Waals surface area contributed by atoms with Crippen molar-refractivity contribution in [1.82, 2.24) is 10.6 Å². The van der Waals surface area contributed by atoms with E-state index in [0.29, 0.717) is 0 Å². The summed E-state index contributed by atoms with van der Waals surface area (Å²) in [5, 5.41) is 7.34. The summed E-state index contributed by atoms with van der Waals surface area (Å²) in [6.45, 7) is 1.83. The van der Waals surface area contributed by atoms with Crippen LogP contribution in [-0.4, -0.2) is 18.2 Å². The molecule has 1 aromatic rings. The van der Waals surface area contributed by atoms with Crippen molar-refractivity contribution in [2.75, 3.05) is 13.1 Å². The fourth-order valence-electron chi connectivity index (χ4n) is 2.50. The van der Waals surface area contributed by atoms with Gasteiger partial charge in [0.1, 0.15) is 0 Å². The van der Waals surface area contributed by atoms with Crippen LogP contribution in [0.4, 0.5) is 0 Å². The minimum Gasteiger partial charge on any atom is -0.362 e. The van der Waals surface area contributed by atoms with Gasteiger partial charge in [0.15, 0.2) is 5.11 Å². The molecule has 0 spiro atoms. The van der Waals surface area contributed by atoms with Crippen LogP contribution >= 0.6 is 12.2 Å². The van der Waals surface area contributed by atoms with Crippen molar-refractivity contribution in [3.05, 3.63) is 47.5 Å². The van der Waals surface area contributed by atoms with E-state index in [1.807, 2.05) is 6.07 Å². The second-order valence-electron chi connectivity index (χ2n) is 5.28. The van der Waals surface area contributed by atoms with E-state index < -0.39 is 0 Å². The molecule has 2 nitrogen and oxygen atoms in total. The summed E-state index contributed by atoms with van der Waals surface area (Å²) in [6, 6.07) is 10.5. The lowest BCUT2D eigenvalue weighted by Gasteiger charge is -2.14. The molecule has 108 valence electrons. The highest BCUT2D eigenvalue weighted by atomic mass is 32.1. The molecule has 1 aliphatic rings. The summed E-state index contributed by atoms with van der Waals surface area (Å²) in [4.78, 5) is 0. The van der Waals surface area contributed by atoms with Crippen molar-refractivity contribution in [3.8, 4) is 0 Å². The summed E-state index contributed by atoms with van der Waals surface area (Å²) >= 11 is 5.29. The minimum atomic E-state index is 0.775. The average molecular weight is 288 g/mol. The van der Waals surface area contributed by atoms with Crippen LogP contribution in [0, 0.1) is 0 Å². The van der Waals surface area contributed by atoms with Gasteiger partial charge in [0.2, 0.25) is 0 Å². The smallest absolute Gasteiger partial charge is 0.166 e. The average Bonchev–Trinajstić information content (AvgIpc) is 2.49. The lowest BCUT2D eigenvalue weighted by molar-refractivity contribution is 0.667. The quantitative estimate of drug-likeness (QED) is 0.618. The van der Waals surface area contributed by atoms with Crippen LogP contribution in [0.3, 0.4) is 0 Å². The first-order valence-electron chi connectivity index (χ1n) is 7.58. The number of hydrogen-bond donors (Lipinski definition) is 2. The van der Waals surface area contributed by atoms with Crippen LogP contribution < -0.4 is 10.6 Å². The lowest BCUT2D eigenvalue weighted by atomic mass is 9.97. The maximum absolute atomic E-state index is 5.29. The fraction of sp³-hybridized carbons (Fsp3) is 0.471. The van der Waals surface area contributed by atoms with Gasteiger partial charge in [-0.25, -0.2) is 0 Å². The van der Waals surface area contributed by atoms with Crippen molar-refractivity contribution < 1.29 is 0 Å². The van der Waals surface area contributed by atoms with E-state index in [4.69, 9.17) is 12.2 Å². The molecule has 3 heteroatoms. The Balaban J connectivity index is 1.55. The summed E-state index contributed by atoms with van der Waals surface area (Å²) in [6.07, 6.45) is 9.78. The Kier molecular flexibility index (Phi) is 6.58. The first kappa shape index (κ1) is 15.0. The van der Waals surface area contributed by atoms with E-state index in [1.54, 1.807) is 5.57 Å². The molecule has 0 saturated heterocycles. The van der Waals surface area contributed by atoms with Gasteiger partial charge in [0, 0.05) is 13.1 Å². The molecule has 1 aliphatic carbocycles. The van der Waals surface area contributed by atoms with Gasteiger partial charge in [-0.15, -0.1) is 0 Å². The zero-order chi connectivity index (χ0) is 14.0. The maximum Gasteiger partial charge on any atom is 0.166 e. The van der Waals surface area contributed by atoms with Crippen LogP contribution in [0.2, 0.25) is 0 Å². The van der Waals surface area contributed by atoms with E-state index >= 15 is 0 Å². The summed E-state index contributed by atoms with van der Waals surface area (Å²) < 4.78 is 0. The topological polar surface area (TPSA) is 24.1 Å². The maximum atomic E-state index is 5.29. The summed E-state index contributed by atoms with van der Waals surface area (Å²) in [7, 11) is 0. The van der Waals surface area contributed by atoms with Gasteiger partial charge in [0.05, 0.1) is 0 Å². The molecule has 2 rings (SSSR count). The molecular formula is C17H24N2S. The van der Waals surface area contributed by atoms with E-state index in [9.17, 15) is 0 Å². The van der Waals surface area contributed by atoms with E-state index in [0.717, 1.165) is 31.0 Å². The predicted octanol–water partition coefficient (Wildman–Crippen LogP) is 3.58. The van der Waals surface area contributed by atoms with Crippen LogP contribution in [0.25, 0.3) is 0 Å². The van der Waals surface area contributed by atoms with Crippen molar-refractivity contribution in [2.24, 2.45) is 0 Å². The molecule has 0 aliphatic heterocycles. The van der Waals surface area contributed by atoms with E-state index in [1.165, 1.54) is 31.2 Å². The fourth-order valence-corrected chi connectivity index (χ4v) is 2.70. The Labute approximate surface area is 127 Å². The Morgan fingerprint density at radius 3 is 2.45 bits per heavy atom. The molecule has 0 atom stereocenters. The molecule has 0 heterocycles. The molecule has 1 aromatic carbocycles. The van der Waals surface area contributed by atoms with Gasteiger partial charge < -0.3 is 10.6 Å². The summed E-state index contributed by atoms with van der Waals surface area (Å²) in [5.74, 6) is 0. The molecule has 2 N–H and O–H groups in total. The van der Waals surface area contributed by atoms with Crippen LogP contribution in [0.5, 0.6) is 0 Å². The lowest BCUT2D eigenvalue weighted by Crippen LogP contribution is -2.36. The molecule has 20 heavy (non-hydrogen) atoms. The molecule has 0 saturated carbocycles. The van der Waals surface area contributed by atoms with Crippen LogP contribution in [0.15, 0.2) is 42.0 Å². The highest BCUT2D eigenvalue weighted by Crippen LogP contribution is 2.19. The first-order chi connectivity index (χ1) is 9.84. The van der Waals surface area contributed by atoms with Crippen molar-refractivity contribution in [1.29, 1.82) is 0 Å². The SMILES string of the molecule is S=C(NCCC1=CCCCC1)NCCc1ccccc1. The molecule has 0 unspecified atom stereocenters.